The highest BCUT2D eigenvalue weighted by molar-refractivity contribution is 6.30. The molecule has 0 bridgehead atoms. The number of hydrogen-bond donors (Lipinski definition) is 0. The molecule has 3 aliphatic rings. The topological polar surface area (TPSA) is 80.0 Å². The second-order valence-electron chi connectivity index (χ2n) is 9.74. The first-order chi connectivity index (χ1) is 16.8. The minimum absolute atomic E-state index is 0.182. The molecule has 3 fully saturated rings. The van der Waals surface area contributed by atoms with E-state index in [0.717, 1.165) is 6.42 Å². The Morgan fingerprint density at radius 1 is 1.20 bits per heavy atom. The molecule has 0 spiro atoms. The molecule has 6 rings (SSSR count). The van der Waals surface area contributed by atoms with Gasteiger partial charge in [-0.25, -0.2) is 14.4 Å². The minimum Gasteiger partial charge on any atom is -0.380 e. The molecule has 2 saturated heterocycles. The van der Waals surface area contributed by atoms with E-state index in [0.29, 0.717) is 62.4 Å². The van der Waals surface area contributed by atoms with Crippen molar-refractivity contribution in [1.82, 2.24) is 19.3 Å². The molecule has 8 nitrogen and oxygen atoms in total. The van der Waals surface area contributed by atoms with Gasteiger partial charge in [0.2, 0.25) is 5.91 Å². The van der Waals surface area contributed by atoms with E-state index in [2.05, 4.69) is 4.98 Å². The lowest BCUT2D eigenvalue weighted by Crippen LogP contribution is -2.51. The maximum Gasteiger partial charge on any atom is 0.261 e. The van der Waals surface area contributed by atoms with E-state index in [1.165, 1.54) is 10.5 Å². The summed E-state index contributed by atoms with van der Waals surface area (Å²) in [6.07, 6.45) is 2.58. The summed E-state index contributed by atoms with van der Waals surface area (Å²) in [5.74, 6) is 0.538. The summed E-state index contributed by atoms with van der Waals surface area (Å²) in [5, 5.41) is 0.273. The lowest BCUT2D eigenvalue weighted by atomic mass is 10.0. The number of hydrogen-bond acceptors (Lipinski definition) is 6. The summed E-state index contributed by atoms with van der Waals surface area (Å²) < 4.78 is 21.9. The van der Waals surface area contributed by atoms with Crippen molar-refractivity contribution in [3.05, 3.63) is 56.8 Å². The third-order valence-electron chi connectivity index (χ3n) is 7.68. The maximum absolute atomic E-state index is 14.9. The zero-order valence-electron chi connectivity index (χ0n) is 19.6. The average molecular weight is 498 g/mol. The van der Waals surface area contributed by atoms with Gasteiger partial charge in [0.25, 0.3) is 5.56 Å². The SMILES string of the molecule is Cc1nc2c(-c3ccc(Cl)cc3F)nc(N3CCN(C(=O)[C@]45COC[C@H]4C5)CC3)cn2c(=O)c1C. The van der Waals surface area contributed by atoms with E-state index in [9.17, 15) is 14.0 Å². The van der Waals surface area contributed by atoms with Gasteiger partial charge in [-0.3, -0.25) is 14.0 Å². The molecule has 3 aromatic rings. The zero-order valence-corrected chi connectivity index (χ0v) is 20.3. The molecule has 1 aliphatic carbocycles. The van der Waals surface area contributed by atoms with Gasteiger partial charge in [0.1, 0.15) is 17.3 Å². The van der Waals surface area contributed by atoms with Crippen molar-refractivity contribution in [2.24, 2.45) is 11.3 Å². The number of carbonyl (C=O) groups is 1. The van der Waals surface area contributed by atoms with E-state index in [1.807, 2.05) is 9.80 Å². The molecule has 1 amide bonds. The van der Waals surface area contributed by atoms with Crippen LogP contribution in [0.2, 0.25) is 5.02 Å². The van der Waals surface area contributed by atoms with Gasteiger partial charge in [-0.2, -0.15) is 0 Å². The summed E-state index contributed by atoms with van der Waals surface area (Å²) in [6.45, 7) is 6.90. The van der Waals surface area contributed by atoms with Crippen molar-refractivity contribution < 1.29 is 13.9 Å². The zero-order chi connectivity index (χ0) is 24.5. The van der Waals surface area contributed by atoms with Crippen molar-refractivity contribution in [3.8, 4) is 11.3 Å². The smallest absolute Gasteiger partial charge is 0.261 e. The van der Waals surface area contributed by atoms with Crippen molar-refractivity contribution in [2.75, 3.05) is 44.3 Å². The monoisotopic (exact) mass is 497 g/mol. The van der Waals surface area contributed by atoms with Crippen molar-refractivity contribution in [2.45, 2.75) is 20.3 Å². The highest BCUT2D eigenvalue weighted by atomic mass is 35.5. The maximum atomic E-state index is 14.9. The highest BCUT2D eigenvalue weighted by Crippen LogP contribution is 2.58. The number of rotatable bonds is 3. The first kappa shape index (κ1) is 22.4. The van der Waals surface area contributed by atoms with Crippen molar-refractivity contribution in [1.29, 1.82) is 0 Å². The van der Waals surface area contributed by atoms with Gasteiger partial charge in [-0.15, -0.1) is 0 Å². The summed E-state index contributed by atoms with van der Waals surface area (Å²) >= 11 is 5.97. The number of benzene rings is 1. The number of aryl methyl sites for hydroxylation is 1. The molecule has 0 unspecified atom stereocenters. The van der Waals surface area contributed by atoms with Crippen molar-refractivity contribution in [3.63, 3.8) is 0 Å². The van der Waals surface area contributed by atoms with Gasteiger partial charge < -0.3 is 14.5 Å². The largest absolute Gasteiger partial charge is 0.380 e. The number of amides is 1. The van der Waals surface area contributed by atoms with Crippen LogP contribution in [0.4, 0.5) is 10.2 Å². The summed E-state index contributed by atoms with van der Waals surface area (Å²) in [6, 6.07) is 4.37. The lowest BCUT2D eigenvalue weighted by Gasteiger charge is -2.37. The Balaban J connectivity index is 1.37. The van der Waals surface area contributed by atoms with Crippen LogP contribution in [0.25, 0.3) is 16.9 Å². The third kappa shape index (κ3) is 3.51. The molecule has 2 aliphatic heterocycles. The molecular formula is C25H25ClFN5O3. The summed E-state index contributed by atoms with van der Waals surface area (Å²) in [5.41, 5.74) is 1.35. The van der Waals surface area contributed by atoms with Gasteiger partial charge in [-0.05, 0) is 38.5 Å². The molecule has 0 radical (unpaired) electrons. The number of aromatic nitrogens is 3. The van der Waals surface area contributed by atoms with E-state index in [-0.39, 0.29) is 38.8 Å². The second kappa shape index (κ2) is 7.99. The molecule has 2 aromatic heterocycles. The number of fused-ring (bicyclic) bond motifs is 2. The molecule has 4 heterocycles. The normalized spacial score (nSPS) is 23.6. The molecule has 182 valence electrons. The Hall–Kier alpha value is -3.04. The third-order valence-corrected chi connectivity index (χ3v) is 7.92. The van der Waals surface area contributed by atoms with Crippen LogP contribution >= 0.6 is 11.6 Å². The predicted octanol–water partition coefficient (Wildman–Crippen LogP) is 2.85. The number of carbonyl (C=O) groups excluding carboxylic acids is 1. The van der Waals surface area contributed by atoms with Gasteiger partial charge >= 0.3 is 0 Å². The van der Waals surface area contributed by atoms with Gasteiger partial charge in [0, 0.05) is 53.9 Å². The Labute approximate surface area is 206 Å². The summed E-state index contributed by atoms with van der Waals surface area (Å²) in [7, 11) is 0. The fourth-order valence-corrected chi connectivity index (χ4v) is 5.43. The van der Waals surface area contributed by atoms with Gasteiger partial charge in [0.15, 0.2) is 5.65 Å². The number of nitrogens with zero attached hydrogens (tertiary/aromatic N) is 5. The fourth-order valence-electron chi connectivity index (χ4n) is 5.27. The summed E-state index contributed by atoms with van der Waals surface area (Å²) in [4.78, 5) is 39.5. The number of anilines is 1. The highest BCUT2D eigenvalue weighted by Gasteiger charge is 2.64. The van der Waals surface area contributed by atoms with E-state index < -0.39 is 5.82 Å². The molecule has 0 N–H and O–H groups in total. The van der Waals surface area contributed by atoms with Crippen LogP contribution in [0.5, 0.6) is 0 Å². The van der Waals surface area contributed by atoms with Crippen LogP contribution in [0.15, 0.2) is 29.2 Å². The average Bonchev–Trinajstić information content (AvgIpc) is 3.42. The van der Waals surface area contributed by atoms with Crippen LogP contribution in [0.3, 0.4) is 0 Å². The lowest BCUT2D eigenvalue weighted by molar-refractivity contribution is -0.138. The van der Waals surface area contributed by atoms with Gasteiger partial charge in [0.05, 0.1) is 24.8 Å². The van der Waals surface area contributed by atoms with Crippen LogP contribution in [0, 0.1) is 31.0 Å². The van der Waals surface area contributed by atoms with Crippen molar-refractivity contribution >= 4 is 29.0 Å². The van der Waals surface area contributed by atoms with Gasteiger partial charge in [-0.1, -0.05) is 11.6 Å². The molecular weight excluding hydrogens is 473 g/mol. The second-order valence-corrected chi connectivity index (χ2v) is 10.2. The first-order valence-corrected chi connectivity index (χ1v) is 12.1. The van der Waals surface area contributed by atoms with E-state index in [4.69, 9.17) is 21.3 Å². The quantitative estimate of drug-likeness (QED) is 0.553. The van der Waals surface area contributed by atoms with E-state index in [1.54, 1.807) is 32.2 Å². The van der Waals surface area contributed by atoms with Crippen LogP contribution < -0.4 is 10.5 Å². The fraction of sp³-hybridized carbons (Fsp3) is 0.440. The number of ether oxygens (including phenoxy) is 1. The molecule has 1 aromatic carbocycles. The Kier molecular flexibility index (Phi) is 5.12. The molecule has 2 atom stereocenters. The Morgan fingerprint density at radius 2 is 1.97 bits per heavy atom. The predicted molar refractivity (Wildman–Crippen MR) is 129 cm³/mol. The first-order valence-electron chi connectivity index (χ1n) is 11.8. The standard InChI is InChI=1S/C25H25ClFN5O3/c1-14-15(2)28-22-21(18-4-3-17(26)9-19(18)27)29-20(11-32(22)23(14)33)30-5-7-31(8-6-30)24(34)25-10-16(25)12-35-13-25/h3-4,9,11,16H,5-8,10,12-13H2,1-2H3/t16-,25-/m1/s1. The van der Waals surface area contributed by atoms with E-state index >= 15 is 0 Å². The van der Waals surface area contributed by atoms with Crippen LogP contribution in [-0.4, -0.2) is 64.6 Å². The molecule has 1 saturated carbocycles. The molecule has 10 heteroatoms. The number of halogens is 2. The number of piperazine rings is 1. The Morgan fingerprint density at radius 3 is 2.63 bits per heavy atom. The Bertz CT molecular complexity index is 1430. The molecule has 35 heavy (non-hydrogen) atoms. The van der Waals surface area contributed by atoms with Crippen LogP contribution in [0.1, 0.15) is 17.7 Å². The minimum atomic E-state index is -0.538. The van der Waals surface area contributed by atoms with Crippen LogP contribution in [-0.2, 0) is 9.53 Å².